The third-order valence-electron chi connectivity index (χ3n) is 3.47. The molecule has 4 nitrogen and oxygen atoms in total. The summed E-state index contributed by atoms with van der Waals surface area (Å²) in [7, 11) is 0. The second-order valence-electron chi connectivity index (χ2n) is 5.38. The summed E-state index contributed by atoms with van der Waals surface area (Å²) in [5.41, 5.74) is 7.64. The van der Waals surface area contributed by atoms with Gasteiger partial charge in [0.2, 0.25) is 0 Å². The summed E-state index contributed by atoms with van der Waals surface area (Å²) in [6.45, 7) is 2.69. The number of amides is 2. The van der Waals surface area contributed by atoms with Crippen LogP contribution >= 0.6 is 0 Å². The van der Waals surface area contributed by atoms with Crippen LogP contribution in [0.5, 0.6) is 0 Å². The number of benzene rings is 1. The van der Waals surface area contributed by atoms with E-state index in [0.717, 1.165) is 30.1 Å². The van der Waals surface area contributed by atoms with E-state index < -0.39 is 0 Å². The van der Waals surface area contributed by atoms with Crippen molar-refractivity contribution in [1.82, 2.24) is 5.32 Å². The maximum absolute atomic E-state index is 11.6. The summed E-state index contributed by atoms with van der Waals surface area (Å²) in [4.78, 5) is 11.6. The Balaban J connectivity index is 1.68. The standard InChI is InChI=1S/C15H23N3O/c1-11(16)13-6-8-14(9-7-13)18-15(19)17-10-2-3-12-4-5-12/h6-9,11-12H,2-5,10,16H2,1H3,(H2,17,18,19). The molecule has 1 aromatic carbocycles. The van der Waals surface area contributed by atoms with Crippen LogP contribution in [0.25, 0.3) is 0 Å². The summed E-state index contributed by atoms with van der Waals surface area (Å²) in [6.07, 6.45) is 5.06. The second-order valence-corrected chi connectivity index (χ2v) is 5.38. The molecule has 1 unspecified atom stereocenters. The van der Waals surface area contributed by atoms with Crippen LogP contribution in [0.2, 0.25) is 0 Å². The van der Waals surface area contributed by atoms with Gasteiger partial charge in [-0.25, -0.2) is 4.79 Å². The number of nitrogens with one attached hydrogen (secondary N) is 2. The number of carbonyl (C=O) groups excluding carboxylic acids is 1. The largest absolute Gasteiger partial charge is 0.338 e. The van der Waals surface area contributed by atoms with Gasteiger partial charge in [-0.2, -0.15) is 0 Å². The first-order chi connectivity index (χ1) is 9.15. The molecule has 1 aliphatic rings. The van der Waals surface area contributed by atoms with Crippen molar-refractivity contribution in [1.29, 1.82) is 0 Å². The predicted molar refractivity (Wildman–Crippen MR) is 78.0 cm³/mol. The molecule has 1 aromatic rings. The Morgan fingerprint density at radius 1 is 1.37 bits per heavy atom. The lowest BCUT2D eigenvalue weighted by atomic mass is 10.1. The van der Waals surface area contributed by atoms with Gasteiger partial charge < -0.3 is 16.4 Å². The van der Waals surface area contributed by atoms with Gasteiger partial charge in [-0.05, 0) is 43.4 Å². The lowest BCUT2D eigenvalue weighted by molar-refractivity contribution is 0.252. The van der Waals surface area contributed by atoms with Crippen LogP contribution in [0.1, 0.15) is 44.2 Å². The minimum absolute atomic E-state index is 0.0188. The Labute approximate surface area is 114 Å². The molecule has 1 saturated carbocycles. The Morgan fingerprint density at radius 2 is 2.05 bits per heavy atom. The molecule has 2 amide bonds. The summed E-state index contributed by atoms with van der Waals surface area (Å²) in [5.74, 6) is 0.927. The quantitative estimate of drug-likeness (QED) is 0.689. The van der Waals surface area contributed by atoms with E-state index in [1.807, 2.05) is 31.2 Å². The first-order valence-electron chi connectivity index (χ1n) is 7.05. The van der Waals surface area contributed by atoms with E-state index in [-0.39, 0.29) is 12.1 Å². The number of hydrogen-bond donors (Lipinski definition) is 3. The average molecular weight is 261 g/mol. The van der Waals surface area contributed by atoms with E-state index in [1.54, 1.807) is 0 Å². The molecule has 104 valence electrons. The SMILES string of the molecule is CC(N)c1ccc(NC(=O)NCCCC2CC2)cc1. The van der Waals surface area contributed by atoms with Crippen LogP contribution in [-0.2, 0) is 0 Å². The van der Waals surface area contributed by atoms with Gasteiger partial charge in [-0.1, -0.05) is 25.0 Å². The van der Waals surface area contributed by atoms with Gasteiger partial charge in [0.05, 0.1) is 0 Å². The van der Waals surface area contributed by atoms with Crippen LogP contribution in [-0.4, -0.2) is 12.6 Å². The van der Waals surface area contributed by atoms with Crippen LogP contribution in [0.15, 0.2) is 24.3 Å². The number of hydrogen-bond acceptors (Lipinski definition) is 2. The molecule has 0 saturated heterocycles. The van der Waals surface area contributed by atoms with Gasteiger partial charge in [-0.15, -0.1) is 0 Å². The van der Waals surface area contributed by atoms with E-state index in [2.05, 4.69) is 10.6 Å². The summed E-state index contributed by atoms with van der Waals surface area (Å²) in [5, 5.41) is 5.70. The molecule has 1 atom stereocenters. The first kappa shape index (κ1) is 13.9. The van der Waals surface area contributed by atoms with Gasteiger partial charge in [0.25, 0.3) is 0 Å². The number of anilines is 1. The highest BCUT2D eigenvalue weighted by atomic mass is 16.2. The van der Waals surface area contributed by atoms with Crippen LogP contribution in [0.4, 0.5) is 10.5 Å². The van der Waals surface area contributed by atoms with E-state index >= 15 is 0 Å². The monoisotopic (exact) mass is 261 g/mol. The minimum atomic E-state index is -0.135. The molecular formula is C15H23N3O. The maximum Gasteiger partial charge on any atom is 0.319 e. The van der Waals surface area contributed by atoms with Crippen molar-refractivity contribution in [3.8, 4) is 0 Å². The fourth-order valence-electron chi connectivity index (χ4n) is 2.04. The number of rotatable bonds is 6. The topological polar surface area (TPSA) is 67.1 Å². The molecule has 0 radical (unpaired) electrons. The van der Waals surface area contributed by atoms with Crippen molar-refractivity contribution in [3.63, 3.8) is 0 Å². The van der Waals surface area contributed by atoms with E-state index in [0.29, 0.717) is 0 Å². The highest BCUT2D eigenvalue weighted by Gasteiger charge is 2.20. The Hall–Kier alpha value is -1.55. The predicted octanol–water partition coefficient (Wildman–Crippen LogP) is 3.02. The maximum atomic E-state index is 11.6. The molecule has 0 heterocycles. The number of nitrogens with two attached hydrogens (primary N) is 1. The van der Waals surface area contributed by atoms with Gasteiger partial charge in [0.15, 0.2) is 0 Å². The average Bonchev–Trinajstić information content (AvgIpc) is 3.19. The molecule has 0 aliphatic heterocycles. The minimum Gasteiger partial charge on any atom is -0.338 e. The summed E-state index contributed by atoms with van der Waals surface area (Å²) < 4.78 is 0. The lowest BCUT2D eigenvalue weighted by Gasteiger charge is -2.09. The molecule has 0 spiro atoms. The summed E-state index contributed by atoms with van der Waals surface area (Å²) >= 11 is 0. The molecule has 19 heavy (non-hydrogen) atoms. The molecule has 4 heteroatoms. The molecule has 1 aliphatic carbocycles. The van der Waals surface area contributed by atoms with Gasteiger partial charge in [0.1, 0.15) is 0 Å². The van der Waals surface area contributed by atoms with Crippen molar-refractivity contribution in [3.05, 3.63) is 29.8 Å². The zero-order valence-corrected chi connectivity index (χ0v) is 11.5. The Kier molecular flexibility index (Phi) is 4.80. The van der Waals surface area contributed by atoms with Crippen molar-refractivity contribution in [2.75, 3.05) is 11.9 Å². The zero-order chi connectivity index (χ0) is 13.7. The lowest BCUT2D eigenvalue weighted by Crippen LogP contribution is -2.29. The fraction of sp³-hybridized carbons (Fsp3) is 0.533. The third kappa shape index (κ3) is 4.91. The molecule has 0 bridgehead atoms. The first-order valence-corrected chi connectivity index (χ1v) is 7.05. The van der Waals surface area contributed by atoms with Gasteiger partial charge >= 0.3 is 6.03 Å². The van der Waals surface area contributed by atoms with Gasteiger partial charge in [-0.3, -0.25) is 0 Å². The highest BCUT2D eigenvalue weighted by Crippen LogP contribution is 2.33. The molecular weight excluding hydrogens is 238 g/mol. The Bertz CT molecular complexity index is 410. The van der Waals surface area contributed by atoms with Crippen molar-refractivity contribution >= 4 is 11.7 Å². The molecule has 0 aromatic heterocycles. The second kappa shape index (κ2) is 6.57. The fourth-order valence-corrected chi connectivity index (χ4v) is 2.04. The normalized spacial score (nSPS) is 15.9. The highest BCUT2D eigenvalue weighted by molar-refractivity contribution is 5.89. The third-order valence-corrected chi connectivity index (χ3v) is 3.47. The van der Waals surface area contributed by atoms with Crippen molar-refractivity contribution in [2.24, 2.45) is 11.7 Å². The smallest absolute Gasteiger partial charge is 0.319 e. The van der Waals surface area contributed by atoms with E-state index in [4.69, 9.17) is 5.73 Å². The molecule has 2 rings (SSSR count). The number of carbonyl (C=O) groups is 1. The van der Waals surface area contributed by atoms with E-state index in [1.165, 1.54) is 19.3 Å². The Morgan fingerprint density at radius 3 is 2.63 bits per heavy atom. The zero-order valence-electron chi connectivity index (χ0n) is 11.5. The van der Waals surface area contributed by atoms with Crippen molar-refractivity contribution in [2.45, 2.75) is 38.6 Å². The van der Waals surface area contributed by atoms with Gasteiger partial charge in [0, 0.05) is 18.3 Å². The van der Waals surface area contributed by atoms with Crippen LogP contribution in [0, 0.1) is 5.92 Å². The van der Waals surface area contributed by atoms with Crippen LogP contribution in [0.3, 0.4) is 0 Å². The molecule has 4 N–H and O–H groups in total. The number of urea groups is 1. The summed E-state index contributed by atoms with van der Waals surface area (Å²) in [6, 6.07) is 7.51. The van der Waals surface area contributed by atoms with E-state index in [9.17, 15) is 4.79 Å². The van der Waals surface area contributed by atoms with Crippen molar-refractivity contribution < 1.29 is 4.79 Å². The van der Waals surface area contributed by atoms with Crippen LogP contribution < -0.4 is 16.4 Å². The molecule has 1 fully saturated rings.